The number of amides is 1. The standard InChI is InChI=1S/C21H26ClN3O4/c1-3-17(12-26)25-21(28)10-15-4-7-18(8-5-15)24-20(13-29-14(2)27)19-9-6-16(22)11-23-19/h4-9,11,17,20,24,26H,3,10,12-13H2,1-2H3,(H,25,28). The third kappa shape index (κ3) is 7.71. The minimum atomic E-state index is -0.375. The number of nitrogens with one attached hydrogen (secondary N) is 2. The summed E-state index contributed by atoms with van der Waals surface area (Å²) in [4.78, 5) is 27.6. The van der Waals surface area contributed by atoms with Gasteiger partial charge in [-0.2, -0.15) is 0 Å². The number of esters is 1. The Morgan fingerprint density at radius 3 is 2.48 bits per heavy atom. The Balaban J connectivity index is 2.03. The average Bonchev–Trinajstić information content (AvgIpc) is 2.71. The molecule has 1 aromatic heterocycles. The number of benzene rings is 1. The van der Waals surface area contributed by atoms with E-state index in [0.29, 0.717) is 17.1 Å². The molecule has 7 nitrogen and oxygen atoms in total. The molecule has 0 spiro atoms. The number of aliphatic hydroxyl groups is 1. The minimum absolute atomic E-state index is 0.0758. The van der Waals surface area contributed by atoms with Gasteiger partial charge in [0.05, 0.1) is 29.8 Å². The lowest BCUT2D eigenvalue weighted by Gasteiger charge is -2.19. The summed E-state index contributed by atoms with van der Waals surface area (Å²) in [5, 5.41) is 15.8. The van der Waals surface area contributed by atoms with Crippen LogP contribution in [-0.2, 0) is 20.7 Å². The quantitative estimate of drug-likeness (QED) is 0.512. The van der Waals surface area contributed by atoms with Gasteiger partial charge in [0.25, 0.3) is 0 Å². The van der Waals surface area contributed by atoms with Gasteiger partial charge in [0.2, 0.25) is 5.91 Å². The zero-order valence-corrected chi connectivity index (χ0v) is 17.3. The van der Waals surface area contributed by atoms with Crippen LogP contribution in [-0.4, -0.2) is 41.2 Å². The lowest BCUT2D eigenvalue weighted by Crippen LogP contribution is -2.37. The molecule has 29 heavy (non-hydrogen) atoms. The maximum Gasteiger partial charge on any atom is 0.302 e. The van der Waals surface area contributed by atoms with Gasteiger partial charge in [-0.3, -0.25) is 14.6 Å². The summed E-state index contributed by atoms with van der Waals surface area (Å²) in [6, 6.07) is 10.3. The first kappa shape index (κ1) is 22.6. The van der Waals surface area contributed by atoms with Gasteiger partial charge in [0.15, 0.2) is 0 Å². The van der Waals surface area contributed by atoms with Crippen LogP contribution in [0.5, 0.6) is 0 Å². The first-order valence-electron chi connectivity index (χ1n) is 9.41. The van der Waals surface area contributed by atoms with Crippen LogP contribution in [0, 0.1) is 0 Å². The van der Waals surface area contributed by atoms with Crippen molar-refractivity contribution in [1.82, 2.24) is 10.3 Å². The second-order valence-electron chi connectivity index (χ2n) is 6.63. The number of aliphatic hydroxyl groups excluding tert-OH is 1. The molecule has 0 saturated carbocycles. The number of ether oxygens (including phenoxy) is 1. The second-order valence-corrected chi connectivity index (χ2v) is 7.07. The van der Waals surface area contributed by atoms with E-state index in [2.05, 4.69) is 15.6 Å². The van der Waals surface area contributed by atoms with Gasteiger partial charge in [-0.05, 0) is 36.2 Å². The van der Waals surface area contributed by atoms with E-state index in [0.717, 1.165) is 11.3 Å². The van der Waals surface area contributed by atoms with E-state index in [9.17, 15) is 14.7 Å². The number of anilines is 1. The Hall–Kier alpha value is -2.64. The van der Waals surface area contributed by atoms with Crippen molar-refractivity contribution in [2.24, 2.45) is 0 Å². The highest BCUT2D eigenvalue weighted by molar-refractivity contribution is 6.30. The van der Waals surface area contributed by atoms with Crippen molar-refractivity contribution >= 4 is 29.2 Å². The van der Waals surface area contributed by atoms with Crippen molar-refractivity contribution in [3.05, 3.63) is 58.9 Å². The average molecular weight is 420 g/mol. The van der Waals surface area contributed by atoms with Gasteiger partial charge in [-0.25, -0.2) is 0 Å². The predicted molar refractivity (Wildman–Crippen MR) is 112 cm³/mol. The Bertz CT molecular complexity index is 793. The lowest BCUT2D eigenvalue weighted by atomic mass is 10.1. The fraction of sp³-hybridized carbons (Fsp3) is 0.381. The molecule has 156 valence electrons. The van der Waals surface area contributed by atoms with E-state index in [-0.39, 0.29) is 43.6 Å². The Kier molecular flexibility index (Phi) is 8.89. The van der Waals surface area contributed by atoms with E-state index >= 15 is 0 Å². The van der Waals surface area contributed by atoms with Crippen molar-refractivity contribution in [2.75, 3.05) is 18.5 Å². The molecule has 2 aromatic rings. The molecule has 2 rings (SSSR count). The summed E-state index contributed by atoms with van der Waals surface area (Å²) < 4.78 is 5.15. The zero-order valence-electron chi connectivity index (χ0n) is 16.5. The molecule has 3 N–H and O–H groups in total. The number of rotatable bonds is 10. The first-order chi connectivity index (χ1) is 13.9. The van der Waals surface area contributed by atoms with Crippen LogP contribution in [0.25, 0.3) is 0 Å². The summed E-state index contributed by atoms with van der Waals surface area (Å²) in [7, 11) is 0. The van der Waals surface area contributed by atoms with Crippen LogP contribution in [0.1, 0.15) is 37.6 Å². The monoisotopic (exact) mass is 419 g/mol. The summed E-state index contributed by atoms with van der Waals surface area (Å²) >= 11 is 5.90. The first-order valence-corrected chi connectivity index (χ1v) is 9.79. The molecule has 0 aliphatic heterocycles. The molecule has 0 bridgehead atoms. The highest BCUT2D eigenvalue weighted by Crippen LogP contribution is 2.20. The van der Waals surface area contributed by atoms with Gasteiger partial charge >= 0.3 is 5.97 Å². The van der Waals surface area contributed by atoms with Gasteiger partial charge < -0.3 is 20.5 Å². The van der Waals surface area contributed by atoms with Crippen LogP contribution in [0.3, 0.4) is 0 Å². The third-order valence-electron chi connectivity index (χ3n) is 4.30. The molecule has 0 fully saturated rings. The number of carbonyl (C=O) groups excluding carboxylic acids is 2. The van der Waals surface area contributed by atoms with Crippen molar-refractivity contribution in [2.45, 2.75) is 38.8 Å². The molecule has 0 aliphatic carbocycles. The number of hydrogen-bond acceptors (Lipinski definition) is 6. The third-order valence-corrected chi connectivity index (χ3v) is 4.52. The number of nitrogens with zero attached hydrogens (tertiary/aromatic N) is 1. The van der Waals surface area contributed by atoms with Gasteiger partial charge in [-0.1, -0.05) is 30.7 Å². The Morgan fingerprint density at radius 1 is 1.21 bits per heavy atom. The lowest BCUT2D eigenvalue weighted by molar-refractivity contribution is -0.141. The molecule has 0 radical (unpaired) electrons. The maximum absolute atomic E-state index is 12.1. The Labute approximate surface area is 175 Å². The maximum atomic E-state index is 12.1. The molecular formula is C21H26ClN3O4. The zero-order chi connectivity index (χ0) is 21.2. The fourth-order valence-electron chi connectivity index (χ4n) is 2.66. The highest BCUT2D eigenvalue weighted by Gasteiger charge is 2.15. The van der Waals surface area contributed by atoms with Gasteiger partial charge in [-0.15, -0.1) is 0 Å². The smallest absolute Gasteiger partial charge is 0.302 e. The molecule has 1 heterocycles. The van der Waals surface area contributed by atoms with Crippen molar-refractivity contribution in [3.8, 4) is 0 Å². The normalized spacial score (nSPS) is 12.7. The second kappa shape index (κ2) is 11.4. The van der Waals surface area contributed by atoms with E-state index in [1.807, 2.05) is 31.2 Å². The van der Waals surface area contributed by atoms with E-state index < -0.39 is 0 Å². The van der Waals surface area contributed by atoms with Crippen LogP contribution >= 0.6 is 11.6 Å². The topological polar surface area (TPSA) is 101 Å². The molecule has 0 saturated heterocycles. The number of aromatic nitrogens is 1. The van der Waals surface area contributed by atoms with Crippen LogP contribution in [0.2, 0.25) is 5.02 Å². The molecule has 1 aromatic carbocycles. The Morgan fingerprint density at radius 2 is 1.93 bits per heavy atom. The number of halogens is 1. The summed E-state index contributed by atoms with van der Waals surface area (Å²) in [5.41, 5.74) is 2.33. The number of carbonyl (C=O) groups is 2. The molecule has 0 aliphatic rings. The van der Waals surface area contributed by atoms with Gasteiger partial charge in [0.1, 0.15) is 12.6 Å². The van der Waals surface area contributed by atoms with Crippen molar-refractivity contribution in [3.63, 3.8) is 0 Å². The number of hydrogen-bond donors (Lipinski definition) is 3. The molecule has 1 amide bonds. The fourth-order valence-corrected chi connectivity index (χ4v) is 2.77. The largest absolute Gasteiger partial charge is 0.463 e. The van der Waals surface area contributed by atoms with Gasteiger partial charge in [0, 0.05) is 18.8 Å². The van der Waals surface area contributed by atoms with Crippen LogP contribution in [0.15, 0.2) is 42.6 Å². The predicted octanol–water partition coefficient (Wildman–Crippen LogP) is 2.88. The highest BCUT2D eigenvalue weighted by atomic mass is 35.5. The molecule has 8 heteroatoms. The minimum Gasteiger partial charge on any atom is -0.463 e. The summed E-state index contributed by atoms with van der Waals surface area (Å²) in [5.74, 6) is -0.509. The van der Waals surface area contributed by atoms with Crippen LogP contribution < -0.4 is 10.6 Å². The van der Waals surface area contributed by atoms with E-state index in [4.69, 9.17) is 16.3 Å². The van der Waals surface area contributed by atoms with E-state index in [1.165, 1.54) is 13.1 Å². The summed E-state index contributed by atoms with van der Waals surface area (Å²) in [6.45, 7) is 3.30. The van der Waals surface area contributed by atoms with Crippen molar-refractivity contribution in [1.29, 1.82) is 0 Å². The van der Waals surface area contributed by atoms with E-state index in [1.54, 1.807) is 12.1 Å². The molecule has 2 unspecified atom stereocenters. The molecule has 2 atom stereocenters. The molecular weight excluding hydrogens is 394 g/mol. The van der Waals surface area contributed by atoms with Crippen molar-refractivity contribution < 1.29 is 19.4 Å². The SMILES string of the molecule is CCC(CO)NC(=O)Cc1ccc(NC(COC(C)=O)c2ccc(Cl)cn2)cc1. The summed E-state index contributed by atoms with van der Waals surface area (Å²) in [6.07, 6.45) is 2.44. The number of pyridine rings is 1. The van der Waals surface area contributed by atoms with Crippen LogP contribution in [0.4, 0.5) is 5.69 Å².